The first-order chi connectivity index (χ1) is 12.3. The van der Waals surface area contributed by atoms with Gasteiger partial charge in [-0.3, -0.25) is 4.79 Å². The van der Waals surface area contributed by atoms with E-state index in [2.05, 4.69) is 52.7 Å². The molecule has 134 valence electrons. The standard InChI is InChI=1S/C21H27NOS2/c23-20(22-10-4-6-15-5-1-2-9-19(15)22)16-13-17-7-3-8-18(14-16)21(17)24-11-12-25-21/h1-2,5,9,16-18H,3-4,6-8,10-14H2. The maximum atomic E-state index is 13.5. The van der Waals surface area contributed by atoms with Crippen LogP contribution >= 0.6 is 23.5 Å². The molecule has 2 nitrogen and oxygen atoms in total. The summed E-state index contributed by atoms with van der Waals surface area (Å²) in [7, 11) is 0. The third-order valence-corrected chi connectivity index (χ3v) is 10.9. The van der Waals surface area contributed by atoms with E-state index in [0.29, 0.717) is 9.99 Å². The number of benzene rings is 1. The molecule has 2 bridgehead atoms. The Bertz CT molecular complexity index is 654. The van der Waals surface area contributed by atoms with Gasteiger partial charge in [0.25, 0.3) is 0 Å². The number of amides is 1. The van der Waals surface area contributed by atoms with E-state index in [1.165, 1.54) is 42.0 Å². The number of nitrogens with zero attached hydrogens (tertiary/aromatic N) is 1. The van der Waals surface area contributed by atoms with Crippen molar-refractivity contribution in [2.75, 3.05) is 23.0 Å². The summed E-state index contributed by atoms with van der Waals surface area (Å²) < 4.78 is 0.467. The summed E-state index contributed by atoms with van der Waals surface area (Å²) in [6.45, 7) is 0.913. The van der Waals surface area contributed by atoms with Gasteiger partial charge in [-0.25, -0.2) is 0 Å². The molecule has 1 spiro atoms. The van der Waals surface area contributed by atoms with Crippen LogP contribution in [0.25, 0.3) is 0 Å². The zero-order valence-electron chi connectivity index (χ0n) is 14.8. The summed E-state index contributed by atoms with van der Waals surface area (Å²) in [6.07, 6.45) is 8.56. The van der Waals surface area contributed by atoms with Gasteiger partial charge in [-0.2, -0.15) is 0 Å². The van der Waals surface area contributed by atoms with Gasteiger partial charge in [0.1, 0.15) is 0 Å². The molecule has 2 aliphatic heterocycles. The highest BCUT2D eigenvalue weighted by Crippen LogP contribution is 2.64. The van der Waals surface area contributed by atoms with Crippen molar-refractivity contribution in [1.29, 1.82) is 0 Å². The number of aryl methyl sites for hydroxylation is 1. The Morgan fingerprint density at radius 3 is 2.52 bits per heavy atom. The molecule has 4 aliphatic rings. The topological polar surface area (TPSA) is 20.3 Å². The number of fused-ring (bicyclic) bond motifs is 1. The summed E-state index contributed by atoms with van der Waals surface area (Å²) in [5.74, 6) is 4.82. The van der Waals surface area contributed by atoms with Crippen LogP contribution in [-0.4, -0.2) is 28.0 Å². The number of rotatable bonds is 1. The van der Waals surface area contributed by atoms with Gasteiger partial charge in [-0.15, -0.1) is 23.5 Å². The van der Waals surface area contributed by atoms with Crippen molar-refractivity contribution in [3.05, 3.63) is 29.8 Å². The van der Waals surface area contributed by atoms with Crippen LogP contribution in [0.5, 0.6) is 0 Å². The van der Waals surface area contributed by atoms with E-state index in [1.807, 2.05) is 0 Å². The predicted octanol–water partition coefficient (Wildman–Crippen LogP) is 4.97. The van der Waals surface area contributed by atoms with Crippen LogP contribution in [0.15, 0.2) is 24.3 Å². The van der Waals surface area contributed by atoms with Crippen LogP contribution < -0.4 is 4.90 Å². The van der Waals surface area contributed by atoms with Crippen LogP contribution in [0.1, 0.15) is 44.1 Å². The van der Waals surface area contributed by atoms with Crippen molar-refractivity contribution in [3.63, 3.8) is 0 Å². The van der Waals surface area contributed by atoms with Crippen LogP contribution in [0, 0.1) is 17.8 Å². The van der Waals surface area contributed by atoms with E-state index < -0.39 is 0 Å². The molecule has 1 aromatic carbocycles. The van der Waals surface area contributed by atoms with E-state index in [9.17, 15) is 4.79 Å². The summed E-state index contributed by atoms with van der Waals surface area (Å²) in [4.78, 5) is 15.6. The minimum absolute atomic E-state index is 0.258. The molecule has 1 aromatic rings. The first kappa shape index (κ1) is 16.6. The second-order valence-electron chi connectivity index (χ2n) is 8.13. The Morgan fingerprint density at radius 2 is 1.76 bits per heavy atom. The van der Waals surface area contributed by atoms with Gasteiger partial charge in [-0.1, -0.05) is 24.6 Å². The number of carbonyl (C=O) groups excluding carboxylic acids is 1. The molecule has 2 heterocycles. The van der Waals surface area contributed by atoms with Gasteiger partial charge in [-0.05, 0) is 62.0 Å². The number of anilines is 1. The number of carbonyl (C=O) groups is 1. The molecule has 2 aliphatic carbocycles. The van der Waals surface area contributed by atoms with Crippen molar-refractivity contribution in [1.82, 2.24) is 0 Å². The Hall–Kier alpha value is -0.610. The lowest BCUT2D eigenvalue weighted by atomic mass is 9.66. The monoisotopic (exact) mass is 373 g/mol. The van der Waals surface area contributed by atoms with Gasteiger partial charge >= 0.3 is 0 Å². The van der Waals surface area contributed by atoms with E-state index >= 15 is 0 Å². The van der Waals surface area contributed by atoms with Gasteiger partial charge < -0.3 is 4.90 Å². The largest absolute Gasteiger partial charge is 0.312 e. The smallest absolute Gasteiger partial charge is 0.230 e. The van der Waals surface area contributed by atoms with Crippen molar-refractivity contribution < 1.29 is 4.79 Å². The van der Waals surface area contributed by atoms with Gasteiger partial charge in [0.2, 0.25) is 5.91 Å². The first-order valence-corrected chi connectivity index (χ1v) is 11.9. The van der Waals surface area contributed by atoms with Crippen LogP contribution in [-0.2, 0) is 11.2 Å². The van der Waals surface area contributed by atoms with Crippen molar-refractivity contribution in [2.24, 2.45) is 17.8 Å². The molecule has 0 N–H and O–H groups in total. The normalized spacial score (nSPS) is 33.3. The highest BCUT2D eigenvalue weighted by atomic mass is 32.2. The minimum atomic E-state index is 0.258. The Labute approximate surface area is 159 Å². The van der Waals surface area contributed by atoms with E-state index in [-0.39, 0.29) is 5.92 Å². The Kier molecular flexibility index (Phi) is 4.32. The molecule has 25 heavy (non-hydrogen) atoms. The molecule has 1 saturated heterocycles. The highest BCUT2D eigenvalue weighted by Gasteiger charge is 2.55. The van der Waals surface area contributed by atoms with E-state index in [4.69, 9.17) is 0 Å². The number of hydrogen-bond acceptors (Lipinski definition) is 3. The third kappa shape index (κ3) is 2.66. The van der Waals surface area contributed by atoms with Gasteiger partial charge in [0.15, 0.2) is 0 Å². The van der Waals surface area contributed by atoms with Crippen LogP contribution in [0.4, 0.5) is 5.69 Å². The summed E-state index contributed by atoms with van der Waals surface area (Å²) in [6, 6.07) is 8.54. The Morgan fingerprint density at radius 1 is 1.04 bits per heavy atom. The molecule has 1 amide bonds. The molecule has 2 unspecified atom stereocenters. The minimum Gasteiger partial charge on any atom is -0.312 e. The zero-order valence-corrected chi connectivity index (χ0v) is 16.4. The summed E-state index contributed by atoms with van der Waals surface area (Å²) in [5, 5.41) is 0. The lowest BCUT2D eigenvalue weighted by Crippen LogP contribution is -2.50. The fourth-order valence-corrected chi connectivity index (χ4v) is 9.73. The quantitative estimate of drug-likeness (QED) is 0.693. The average Bonchev–Trinajstić information content (AvgIpc) is 3.10. The predicted molar refractivity (Wildman–Crippen MR) is 108 cm³/mol. The zero-order chi connectivity index (χ0) is 16.9. The highest BCUT2D eigenvalue weighted by molar-refractivity contribution is 8.21. The van der Waals surface area contributed by atoms with Crippen LogP contribution in [0.2, 0.25) is 0 Å². The van der Waals surface area contributed by atoms with Gasteiger partial charge in [0.05, 0.1) is 4.08 Å². The summed E-state index contributed by atoms with van der Waals surface area (Å²) >= 11 is 4.47. The van der Waals surface area contributed by atoms with Crippen molar-refractivity contribution >= 4 is 35.1 Å². The van der Waals surface area contributed by atoms with Crippen molar-refractivity contribution in [2.45, 2.75) is 49.0 Å². The SMILES string of the molecule is O=C(C1CC2CCCC(C1)C21SCCS1)N1CCCc2ccccc21. The number of hydrogen-bond donors (Lipinski definition) is 0. The summed E-state index contributed by atoms with van der Waals surface area (Å²) in [5.41, 5.74) is 2.55. The average molecular weight is 374 g/mol. The third-order valence-electron chi connectivity index (χ3n) is 6.85. The maximum Gasteiger partial charge on any atom is 0.230 e. The second-order valence-corrected chi connectivity index (χ2v) is 11.1. The molecule has 2 atom stereocenters. The van der Waals surface area contributed by atoms with Crippen molar-refractivity contribution in [3.8, 4) is 0 Å². The Balaban J connectivity index is 1.39. The fourth-order valence-electron chi connectivity index (χ4n) is 5.79. The number of thioether (sulfide) groups is 2. The van der Waals surface area contributed by atoms with E-state index in [1.54, 1.807) is 0 Å². The molecule has 5 rings (SSSR count). The van der Waals surface area contributed by atoms with Gasteiger partial charge in [0, 0.05) is 29.7 Å². The lowest BCUT2D eigenvalue weighted by molar-refractivity contribution is -0.125. The van der Waals surface area contributed by atoms with Crippen LogP contribution in [0.3, 0.4) is 0 Å². The molecular formula is C21H27NOS2. The molecule has 4 heteroatoms. The molecule has 0 aromatic heterocycles. The molecule has 0 radical (unpaired) electrons. The molecule has 3 fully saturated rings. The number of para-hydroxylation sites is 1. The second kappa shape index (κ2) is 6.53. The molecular weight excluding hydrogens is 346 g/mol. The first-order valence-electron chi connectivity index (χ1n) is 9.95. The maximum absolute atomic E-state index is 13.5. The molecule has 2 saturated carbocycles. The lowest BCUT2D eigenvalue weighted by Gasteiger charge is -2.52. The van der Waals surface area contributed by atoms with E-state index in [0.717, 1.165) is 44.1 Å². The fraction of sp³-hybridized carbons (Fsp3) is 0.667.